The van der Waals surface area contributed by atoms with Crippen molar-refractivity contribution in [3.63, 3.8) is 0 Å². The lowest BCUT2D eigenvalue weighted by molar-refractivity contribution is 0.440. The van der Waals surface area contributed by atoms with Crippen molar-refractivity contribution in [2.45, 2.75) is 5.41 Å². The fourth-order valence-corrected chi connectivity index (χ4v) is 9.93. The Labute approximate surface area is 359 Å². The molecule has 0 N–H and O–H groups in total. The molecule has 62 heavy (non-hydrogen) atoms. The Kier molecular flexibility index (Phi) is 8.10. The monoisotopic (exact) mass is 789 g/mol. The Morgan fingerprint density at radius 3 is 1.50 bits per heavy atom. The van der Waals surface area contributed by atoms with Gasteiger partial charge in [-0.25, -0.2) is 9.97 Å². The van der Waals surface area contributed by atoms with Crippen LogP contribution in [0.3, 0.4) is 0 Å². The summed E-state index contributed by atoms with van der Waals surface area (Å²) in [5, 5.41) is 12.0. The minimum absolute atomic E-state index is 0.645. The predicted molar refractivity (Wildman–Crippen MR) is 249 cm³/mol. The van der Waals surface area contributed by atoms with Crippen LogP contribution in [0.2, 0.25) is 0 Å². The van der Waals surface area contributed by atoms with Crippen LogP contribution in [0.4, 0.5) is 0 Å². The lowest BCUT2D eigenvalue weighted by atomic mass is 9.65. The van der Waals surface area contributed by atoms with E-state index in [4.69, 9.17) is 14.7 Å². The normalized spacial score (nSPS) is 12.8. The van der Waals surface area contributed by atoms with Gasteiger partial charge in [-0.15, -0.1) is 0 Å². The van der Waals surface area contributed by atoms with Crippen molar-refractivity contribution in [1.82, 2.24) is 9.97 Å². The first-order chi connectivity index (χ1) is 30.7. The molecule has 10 aromatic rings. The van der Waals surface area contributed by atoms with Crippen LogP contribution in [0.15, 0.2) is 212 Å². The molecule has 1 aromatic heterocycles. The van der Waals surface area contributed by atoms with Crippen molar-refractivity contribution in [3.05, 3.63) is 240 Å². The molecule has 1 aliphatic carbocycles. The molecule has 12 rings (SSSR count). The molecule has 4 heteroatoms. The lowest BCUT2D eigenvalue weighted by Gasteiger charge is -2.41. The van der Waals surface area contributed by atoms with Crippen molar-refractivity contribution in [2.75, 3.05) is 0 Å². The molecule has 1 spiro atoms. The fourth-order valence-electron chi connectivity index (χ4n) is 9.93. The number of hydrogen-bond acceptors (Lipinski definition) is 4. The molecule has 4 nitrogen and oxygen atoms in total. The average Bonchev–Trinajstić information content (AvgIpc) is 3.64. The van der Waals surface area contributed by atoms with Crippen molar-refractivity contribution >= 4 is 10.8 Å². The van der Waals surface area contributed by atoms with Gasteiger partial charge >= 0.3 is 0 Å². The molecule has 0 fully saturated rings. The summed E-state index contributed by atoms with van der Waals surface area (Å²) in [5.41, 5.74) is 15.6. The second kappa shape index (κ2) is 14.1. The van der Waals surface area contributed by atoms with Gasteiger partial charge < -0.3 is 4.74 Å². The molecule has 1 aliphatic heterocycles. The molecular weight excluding hydrogens is 755 g/mol. The van der Waals surface area contributed by atoms with E-state index in [0.29, 0.717) is 11.4 Å². The molecule has 0 amide bonds. The fraction of sp³-hybridized carbons (Fsp3) is 0.0172. The summed E-state index contributed by atoms with van der Waals surface area (Å²) in [6.07, 6.45) is 0. The number of nitrogens with zero attached hydrogens (tertiary/aromatic N) is 3. The summed E-state index contributed by atoms with van der Waals surface area (Å²) in [6, 6.07) is 76.5. The molecule has 2 heterocycles. The summed E-state index contributed by atoms with van der Waals surface area (Å²) >= 11 is 0. The van der Waals surface area contributed by atoms with Gasteiger partial charge in [-0.1, -0.05) is 194 Å². The second-order valence-electron chi connectivity index (χ2n) is 15.9. The second-order valence-corrected chi connectivity index (χ2v) is 15.9. The van der Waals surface area contributed by atoms with Crippen molar-refractivity contribution in [1.29, 1.82) is 5.26 Å². The van der Waals surface area contributed by atoms with Crippen LogP contribution in [-0.2, 0) is 5.41 Å². The van der Waals surface area contributed by atoms with Gasteiger partial charge in [-0.05, 0) is 57.0 Å². The maximum absolute atomic E-state index is 10.1. The average molecular weight is 790 g/mol. The number of rotatable bonds is 5. The highest BCUT2D eigenvalue weighted by Gasteiger charge is 2.52. The largest absolute Gasteiger partial charge is 0.455 e. The molecule has 288 valence electrons. The number of ether oxygens (including phenoxy) is 1. The Bertz CT molecular complexity index is 3360. The van der Waals surface area contributed by atoms with Crippen molar-refractivity contribution in [3.8, 4) is 84.9 Å². The van der Waals surface area contributed by atoms with Crippen LogP contribution >= 0.6 is 0 Å². The number of benzene rings is 9. The highest BCUT2D eigenvalue weighted by atomic mass is 16.5. The Balaban J connectivity index is 1.10. The summed E-state index contributed by atoms with van der Waals surface area (Å²) in [7, 11) is 0. The van der Waals surface area contributed by atoms with E-state index < -0.39 is 5.41 Å². The number of nitriles is 1. The van der Waals surface area contributed by atoms with Gasteiger partial charge in [0.1, 0.15) is 11.5 Å². The third kappa shape index (κ3) is 5.32. The van der Waals surface area contributed by atoms with Gasteiger partial charge in [0.05, 0.1) is 28.4 Å². The highest BCUT2D eigenvalue weighted by molar-refractivity contribution is 6.02. The van der Waals surface area contributed by atoms with E-state index in [-0.39, 0.29) is 0 Å². The molecule has 9 aromatic carbocycles. The van der Waals surface area contributed by atoms with Gasteiger partial charge in [0.25, 0.3) is 0 Å². The van der Waals surface area contributed by atoms with Gasteiger partial charge in [-0.3, -0.25) is 0 Å². The predicted octanol–water partition coefficient (Wildman–Crippen LogP) is 14.3. The van der Waals surface area contributed by atoms with E-state index in [2.05, 4.69) is 158 Å². The molecule has 0 saturated heterocycles. The minimum Gasteiger partial charge on any atom is -0.455 e. The zero-order valence-corrected chi connectivity index (χ0v) is 33.5. The molecule has 2 aliphatic rings. The van der Waals surface area contributed by atoms with Gasteiger partial charge in [0, 0.05) is 44.3 Å². The zero-order valence-electron chi connectivity index (χ0n) is 33.5. The number of hydrogen-bond donors (Lipinski definition) is 0. The smallest absolute Gasteiger partial charge is 0.160 e. The first-order valence-electron chi connectivity index (χ1n) is 20.9. The quantitative estimate of drug-likeness (QED) is 0.174. The molecule has 0 atom stereocenters. The standard InChI is InChI=1S/C58H35N3O/c59-36-41-32-33-45(44-23-8-7-22-42(41)44)48-27-15-31-52-56(48)62-55-43(26-14-30-51(55)58(52)49-28-11-9-24-46(49)47-25-10-12-29-50(47)58)39-20-13-21-40(34-39)57-60-53(37-16-3-1-4-17-37)35-54(61-57)38-18-5-2-6-19-38/h1-35H. The van der Waals surface area contributed by atoms with Crippen LogP contribution in [0.25, 0.3) is 78.1 Å². The summed E-state index contributed by atoms with van der Waals surface area (Å²) in [4.78, 5) is 10.4. The molecule has 0 radical (unpaired) electrons. The van der Waals surface area contributed by atoms with Crippen LogP contribution in [0.5, 0.6) is 11.5 Å². The van der Waals surface area contributed by atoms with E-state index in [1.165, 1.54) is 22.3 Å². The molecule has 0 unspecified atom stereocenters. The molecular formula is C58H35N3O. The highest BCUT2D eigenvalue weighted by Crippen LogP contribution is 2.64. The SMILES string of the molecule is N#Cc1ccc(-c2cccc3c2Oc2c(-c4cccc(-c5nc(-c6ccccc6)cc(-c6ccccc6)n5)c4)cccc2C32c3ccccc3-c3ccccc32)c2ccccc12. The van der Waals surface area contributed by atoms with Crippen LogP contribution in [0.1, 0.15) is 27.8 Å². The molecule has 0 saturated carbocycles. The lowest BCUT2D eigenvalue weighted by Crippen LogP contribution is -2.32. The van der Waals surface area contributed by atoms with E-state index in [9.17, 15) is 5.26 Å². The van der Waals surface area contributed by atoms with Gasteiger partial charge in [0.2, 0.25) is 0 Å². The summed E-state index contributed by atoms with van der Waals surface area (Å²) in [5.74, 6) is 2.25. The number of aromatic nitrogens is 2. The third-order valence-corrected chi connectivity index (χ3v) is 12.6. The summed E-state index contributed by atoms with van der Waals surface area (Å²) in [6.45, 7) is 0. The number of fused-ring (bicyclic) bond motifs is 10. The van der Waals surface area contributed by atoms with E-state index >= 15 is 0 Å². The van der Waals surface area contributed by atoms with Crippen LogP contribution in [-0.4, -0.2) is 9.97 Å². The Morgan fingerprint density at radius 2 is 0.855 bits per heavy atom. The maximum Gasteiger partial charge on any atom is 0.160 e. The minimum atomic E-state index is -0.681. The molecule has 0 bridgehead atoms. The first kappa shape index (κ1) is 35.5. The summed E-state index contributed by atoms with van der Waals surface area (Å²) < 4.78 is 7.47. The van der Waals surface area contributed by atoms with Crippen molar-refractivity contribution < 1.29 is 4.74 Å². The maximum atomic E-state index is 10.1. The van der Waals surface area contributed by atoms with E-state index in [1.807, 2.05) is 60.7 Å². The van der Waals surface area contributed by atoms with E-state index in [0.717, 1.165) is 83.7 Å². The van der Waals surface area contributed by atoms with Crippen LogP contribution < -0.4 is 4.74 Å². The topological polar surface area (TPSA) is 58.8 Å². The zero-order chi connectivity index (χ0) is 41.2. The van der Waals surface area contributed by atoms with Gasteiger partial charge in [0.15, 0.2) is 5.82 Å². The first-order valence-corrected chi connectivity index (χ1v) is 20.9. The number of para-hydroxylation sites is 2. The van der Waals surface area contributed by atoms with Crippen LogP contribution in [0, 0.1) is 11.3 Å². The van der Waals surface area contributed by atoms with Crippen molar-refractivity contribution in [2.24, 2.45) is 0 Å². The van der Waals surface area contributed by atoms with E-state index in [1.54, 1.807) is 0 Å². The Morgan fingerprint density at radius 1 is 0.371 bits per heavy atom. The third-order valence-electron chi connectivity index (χ3n) is 12.6. The Hall–Kier alpha value is -8.39. The van der Waals surface area contributed by atoms with Gasteiger partial charge in [-0.2, -0.15) is 5.26 Å².